The highest BCUT2D eigenvalue weighted by Crippen LogP contribution is 2.29. The van der Waals surface area contributed by atoms with Gasteiger partial charge in [0.2, 0.25) is 5.91 Å². The Labute approximate surface area is 156 Å². The number of carbonyl (C=O) groups excluding carboxylic acids is 3. The summed E-state index contributed by atoms with van der Waals surface area (Å²) in [6, 6.07) is 13.0. The van der Waals surface area contributed by atoms with E-state index in [1.54, 1.807) is 30.3 Å². The highest BCUT2D eigenvalue weighted by Gasteiger charge is 2.21. The molecular formula is C19H20N2O6. The molecule has 0 spiro atoms. The van der Waals surface area contributed by atoms with Gasteiger partial charge in [-0.15, -0.1) is 0 Å². The van der Waals surface area contributed by atoms with Crippen molar-refractivity contribution in [2.24, 2.45) is 5.73 Å². The van der Waals surface area contributed by atoms with Crippen LogP contribution in [0.4, 0.5) is 5.69 Å². The molecule has 27 heavy (non-hydrogen) atoms. The summed E-state index contributed by atoms with van der Waals surface area (Å²) in [5.74, 6) is -2.21. The number of ether oxygens (including phenoxy) is 2. The lowest BCUT2D eigenvalue weighted by Crippen LogP contribution is -2.37. The molecule has 0 radical (unpaired) electrons. The third-order valence-corrected chi connectivity index (χ3v) is 3.72. The Morgan fingerprint density at radius 2 is 1.78 bits per heavy atom. The van der Waals surface area contributed by atoms with Crippen molar-refractivity contribution in [1.82, 2.24) is 0 Å². The zero-order valence-electron chi connectivity index (χ0n) is 14.8. The number of hydrogen-bond acceptors (Lipinski definition) is 6. The first kappa shape index (κ1) is 19.8. The molecule has 142 valence electrons. The van der Waals surface area contributed by atoms with E-state index in [0.717, 1.165) is 0 Å². The first-order valence-corrected chi connectivity index (χ1v) is 8.11. The van der Waals surface area contributed by atoms with Crippen LogP contribution in [0.2, 0.25) is 0 Å². The number of anilines is 1. The lowest BCUT2D eigenvalue weighted by molar-refractivity contribution is -0.121. The van der Waals surface area contributed by atoms with Gasteiger partial charge in [-0.1, -0.05) is 24.3 Å². The number of nitrogens with zero attached hydrogens (tertiary/aromatic N) is 1. The number of hydrogen-bond donors (Lipinski definition) is 2. The van der Waals surface area contributed by atoms with Crippen molar-refractivity contribution in [2.75, 3.05) is 25.2 Å². The minimum absolute atomic E-state index is 0.0365. The number of esters is 1. The number of carbonyl (C=O) groups is 3. The summed E-state index contributed by atoms with van der Waals surface area (Å²) < 4.78 is 9.95. The summed E-state index contributed by atoms with van der Waals surface area (Å²) >= 11 is 0. The largest absolute Gasteiger partial charge is 0.504 e. The molecule has 0 aliphatic rings. The number of phenols is 1. The Hall–Kier alpha value is -3.55. The molecule has 0 aromatic heterocycles. The van der Waals surface area contributed by atoms with Crippen LogP contribution in [-0.2, 0) is 14.3 Å². The molecule has 0 fully saturated rings. The number of benzene rings is 2. The van der Waals surface area contributed by atoms with Gasteiger partial charge >= 0.3 is 5.97 Å². The van der Waals surface area contributed by atoms with Gasteiger partial charge in [0.25, 0.3) is 5.91 Å². The van der Waals surface area contributed by atoms with E-state index in [4.69, 9.17) is 15.2 Å². The van der Waals surface area contributed by atoms with E-state index in [2.05, 4.69) is 0 Å². The molecule has 0 saturated heterocycles. The molecular weight excluding hydrogens is 352 g/mol. The van der Waals surface area contributed by atoms with Crippen molar-refractivity contribution in [1.29, 1.82) is 0 Å². The minimum Gasteiger partial charge on any atom is -0.504 e. The molecule has 0 aliphatic heterocycles. The second kappa shape index (κ2) is 9.23. The molecule has 0 unspecified atom stereocenters. The molecule has 0 atom stereocenters. The summed E-state index contributed by atoms with van der Waals surface area (Å²) in [4.78, 5) is 37.1. The van der Waals surface area contributed by atoms with E-state index in [1.807, 2.05) is 0 Å². The van der Waals surface area contributed by atoms with Crippen LogP contribution in [0.1, 0.15) is 16.8 Å². The summed E-state index contributed by atoms with van der Waals surface area (Å²) in [5.41, 5.74) is 5.58. The second-order valence-corrected chi connectivity index (χ2v) is 5.53. The van der Waals surface area contributed by atoms with Gasteiger partial charge in [-0.05, 0) is 24.3 Å². The van der Waals surface area contributed by atoms with Gasteiger partial charge < -0.3 is 25.2 Å². The van der Waals surface area contributed by atoms with Crippen molar-refractivity contribution in [2.45, 2.75) is 6.42 Å². The fourth-order valence-corrected chi connectivity index (χ4v) is 2.36. The monoisotopic (exact) mass is 372 g/mol. The van der Waals surface area contributed by atoms with Crippen LogP contribution in [0, 0.1) is 0 Å². The Morgan fingerprint density at radius 3 is 2.41 bits per heavy atom. The zero-order valence-corrected chi connectivity index (χ0v) is 14.8. The van der Waals surface area contributed by atoms with E-state index < -0.39 is 24.4 Å². The Bertz CT molecular complexity index is 822. The second-order valence-electron chi connectivity index (χ2n) is 5.53. The van der Waals surface area contributed by atoms with Crippen LogP contribution in [-0.4, -0.2) is 43.2 Å². The van der Waals surface area contributed by atoms with Gasteiger partial charge in [0, 0.05) is 18.7 Å². The normalized spacial score (nSPS) is 10.1. The van der Waals surface area contributed by atoms with E-state index in [-0.39, 0.29) is 30.0 Å². The first-order chi connectivity index (χ1) is 12.9. The fraction of sp³-hybridized carbons (Fsp3) is 0.211. The highest BCUT2D eigenvalue weighted by atomic mass is 16.5. The van der Waals surface area contributed by atoms with E-state index in [9.17, 15) is 19.5 Å². The number of para-hydroxylation sites is 2. The number of methoxy groups -OCH3 is 1. The lowest BCUT2D eigenvalue weighted by atomic mass is 10.2. The van der Waals surface area contributed by atoms with Crippen LogP contribution in [0.5, 0.6) is 11.5 Å². The fourth-order valence-electron chi connectivity index (χ4n) is 2.36. The molecule has 0 bridgehead atoms. The van der Waals surface area contributed by atoms with Gasteiger partial charge in [0.15, 0.2) is 18.1 Å². The Kier molecular flexibility index (Phi) is 6.76. The van der Waals surface area contributed by atoms with E-state index in [0.29, 0.717) is 5.69 Å². The van der Waals surface area contributed by atoms with Crippen LogP contribution < -0.4 is 15.4 Å². The molecule has 2 aromatic carbocycles. The van der Waals surface area contributed by atoms with Crippen molar-refractivity contribution >= 4 is 23.5 Å². The zero-order chi connectivity index (χ0) is 19.8. The molecule has 2 aromatic rings. The SMILES string of the molecule is COc1cccc(C(=O)OCC(=O)N(CCC(N)=O)c2ccccc2)c1O. The number of primary amides is 1. The molecule has 2 amide bonds. The van der Waals surface area contributed by atoms with E-state index >= 15 is 0 Å². The quantitative estimate of drug-likeness (QED) is 0.677. The predicted molar refractivity (Wildman–Crippen MR) is 97.5 cm³/mol. The average Bonchev–Trinajstić information content (AvgIpc) is 2.67. The van der Waals surface area contributed by atoms with Crippen molar-refractivity contribution in [3.63, 3.8) is 0 Å². The van der Waals surface area contributed by atoms with Crippen molar-refractivity contribution in [3.05, 3.63) is 54.1 Å². The topological polar surface area (TPSA) is 119 Å². The molecule has 8 heteroatoms. The number of amides is 2. The first-order valence-electron chi connectivity index (χ1n) is 8.11. The van der Waals surface area contributed by atoms with Crippen LogP contribution in [0.3, 0.4) is 0 Å². The Morgan fingerprint density at radius 1 is 1.07 bits per heavy atom. The molecule has 8 nitrogen and oxygen atoms in total. The number of phenolic OH excluding ortho intramolecular Hbond substituents is 1. The number of rotatable bonds is 8. The third-order valence-electron chi connectivity index (χ3n) is 3.72. The van der Waals surface area contributed by atoms with Gasteiger partial charge in [-0.25, -0.2) is 4.79 Å². The van der Waals surface area contributed by atoms with Gasteiger partial charge in [0.05, 0.1) is 7.11 Å². The van der Waals surface area contributed by atoms with Gasteiger partial charge in [-0.2, -0.15) is 0 Å². The summed E-state index contributed by atoms with van der Waals surface area (Å²) in [7, 11) is 1.35. The third kappa shape index (κ3) is 5.21. The standard InChI is InChI=1S/C19H20N2O6/c1-26-15-9-5-8-14(18(15)24)19(25)27-12-17(23)21(11-10-16(20)22)13-6-3-2-4-7-13/h2-9,24H,10-12H2,1H3,(H2,20,22). The maximum atomic E-state index is 12.5. The van der Waals surface area contributed by atoms with Gasteiger partial charge in [0.1, 0.15) is 5.56 Å². The smallest absolute Gasteiger partial charge is 0.342 e. The molecule has 2 rings (SSSR count). The maximum absolute atomic E-state index is 12.5. The van der Waals surface area contributed by atoms with E-state index in [1.165, 1.54) is 30.2 Å². The molecule has 3 N–H and O–H groups in total. The number of nitrogens with two attached hydrogens (primary N) is 1. The molecule has 0 aliphatic carbocycles. The average molecular weight is 372 g/mol. The Balaban J connectivity index is 2.09. The van der Waals surface area contributed by atoms with Crippen molar-refractivity contribution < 1.29 is 29.0 Å². The van der Waals surface area contributed by atoms with Crippen LogP contribution >= 0.6 is 0 Å². The highest BCUT2D eigenvalue weighted by molar-refractivity contribution is 5.98. The predicted octanol–water partition coefficient (Wildman–Crippen LogP) is 1.47. The summed E-state index contributed by atoms with van der Waals surface area (Å²) in [6.07, 6.45) is -0.0365. The maximum Gasteiger partial charge on any atom is 0.342 e. The van der Waals surface area contributed by atoms with Crippen LogP contribution in [0.25, 0.3) is 0 Å². The molecule has 0 heterocycles. The minimum atomic E-state index is -0.873. The van der Waals surface area contributed by atoms with Crippen LogP contribution in [0.15, 0.2) is 48.5 Å². The molecule has 0 saturated carbocycles. The summed E-state index contributed by atoms with van der Waals surface area (Å²) in [5, 5.41) is 9.98. The number of aromatic hydroxyl groups is 1. The van der Waals surface area contributed by atoms with Gasteiger partial charge in [-0.3, -0.25) is 9.59 Å². The van der Waals surface area contributed by atoms with Crippen molar-refractivity contribution in [3.8, 4) is 11.5 Å². The lowest BCUT2D eigenvalue weighted by Gasteiger charge is -2.22. The summed E-state index contributed by atoms with van der Waals surface area (Å²) in [6.45, 7) is -0.511.